The molecule has 21 heavy (non-hydrogen) atoms. The first kappa shape index (κ1) is 12.9. The monoisotopic (exact) mass is 278 g/mol. The summed E-state index contributed by atoms with van der Waals surface area (Å²) in [5.74, 6) is 0.0845. The number of hydrogen-bond donors (Lipinski definition) is 3. The molecule has 1 aromatic heterocycles. The maximum Gasteiger partial charge on any atom is 0.249 e. The fourth-order valence-corrected chi connectivity index (χ4v) is 2.16. The van der Waals surface area contributed by atoms with Gasteiger partial charge in [0.1, 0.15) is 5.82 Å². The largest absolute Gasteiger partial charge is 0.399 e. The van der Waals surface area contributed by atoms with Gasteiger partial charge in [-0.25, -0.2) is 4.98 Å². The number of aromatic nitrogens is 1. The normalized spacial score (nSPS) is 10.5. The van der Waals surface area contributed by atoms with E-state index in [4.69, 9.17) is 11.5 Å². The number of fused-ring (bicyclic) bond motifs is 1. The van der Waals surface area contributed by atoms with Crippen molar-refractivity contribution in [2.75, 3.05) is 11.1 Å². The van der Waals surface area contributed by atoms with E-state index in [9.17, 15) is 4.79 Å². The van der Waals surface area contributed by atoms with Gasteiger partial charge in [-0.15, -0.1) is 0 Å². The average Bonchev–Trinajstić information content (AvgIpc) is 2.48. The van der Waals surface area contributed by atoms with Crippen molar-refractivity contribution in [3.05, 3.63) is 60.2 Å². The molecule has 0 aliphatic rings. The van der Waals surface area contributed by atoms with Crippen LogP contribution in [-0.4, -0.2) is 10.9 Å². The van der Waals surface area contributed by atoms with Gasteiger partial charge in [-0.3, -0.25) is 4.79 Å². The van der Waals surface area contributed by atoms with Gasteiger partial charge in [0, 0.05) is 16.8 Å². The van der Waals surface area contributed by atoms with Crippen LogP contribution in [0.5, 0.6) is 0 Å². The lowest BCUT2D eigenvalue weighted by Crippen LogP contribution is -2.12. The highest BCUT2D eigenvalue weighted by atomic mass is 16.1. The van der Waals surface area contributed by atoms with Gasteiger partial charge in [0.25, 0.3) is 0 Å². The van der Waals surface area contributed by atoms with E-state index in [0.717, 1.165) is 11.1 Å². The summed E-state index contributed by atoms with van der Waals surface area (Å²) in [6.07, 6.45) is 0. The van der Waals surface area contributed by atoms with Crippen molar-refractivity contribution in [1.82, 2.24) is 4.98 Å². The number of nitrogens with two attached hydrogens (primary N) is 2. The third kappa shape index (κ3) is 2.62. The van der Waals surface area contributed by atoms with Crippen LogP contribution in [-0.2, 0) is 0 Å². The minimum Gasteiger partial charge on any atom is -0.399 e. The summed E-state index contributed by atoms with van der Waals surface area (Å²) in [5.41, 5.74) is 13.8. The topological polar surface area (TPSA) is 94.0 Å². The van der Waals surface area contributed by atoms with Crippen molar-refractivity contribution in [1.29, 1.82) is 0 Å². The number of amides is 1. The van der Waals surface area contributed by atoms with E-state index in [1.807, 2.05) is 36.4 Å². The molecule has 0 unspecified atom stereocenters. The first-order valence-corrected chi connectivity index (χ1v) is 6.45. The van der Waals surface area contributed by atoms with E-state index in [2.05, 4.69) is 10.3 Å². The van der Waals surface area contributed by atoms with E-state index in [1.54, 1.807) is 18.2 Å². The van der Waals surface area contributed by atoms with Crippen LogP contribution in [0, 0.1) is 0 Å². The van der Waals surface area contributed by atoms with Gasteiger partial charge in [-0.05, 0) is 36.4 Å². The summed E-state index contributed by atoms with van der Waals surface area (Å²) in [6.45, 7) is 0. The lowest BCUT2D eigenvalue weighted by molar-refractivity contribution is 0.100. The second-order valence-electron chi connectivity index (χ2n) is 4.68. The maximum absolute atomic E-state index is 11.6. The number of para-hydroxylation sites is 1. The number of hydrogen-bond acceptors (Lipinski definition) is 4. The van der Waals surface area contributed by atoms with Crippen molar-refractivity contribution >= 4 is 34.0 Å². The molecule has 0 radical (unpaired) electrons. The third-order valence-corrected chi connectivity index (χ3v) is 3.16. The van der Waals surface area contributed by atoms with Crippen LogP contribution in [0.1, 0.15) is 10.4 Å². The fraction of sp³-hybridized carbons (Fsp3) is 0. The predicted octanol–water partition coefficient (Wildman–Crippen LogP) is 2.66. The number of carbonyl (C=O) groups is 1. The van der Waals surface area contributed by atoms with E-state index >= 15 is 0 Å². The molecule has 0 aliphatic heterocycles. The van der Waals surface area contributed by atoms with Gasteiger partial charge in [0.05, 0.1) is 11.1 Å². The van der Waals surface area contributed by atoms with Gasteiger partial charge in [-0.1, -0.05) is 18.2 Å². The number of pyridine rings is 1. The Labute approximate surface area is 121 Å². The van der Waals surface area contributed by atoms with Gasteiger partial charge >= 0.3 is 0 Å². The highest BCUT2D eigenvalue weighted by molar-refractivity contribution is 6.06. The molecule has 1 amide bonds. The number of nitrogens with one attached hydrogen (secondary N) is 1. The predicted molar refractivity (Wildman–Crippen MR) is 84.4 cm³/mol. The Bertz CT molecular complexity index is 812. The number of carbonyl (C=O) groups excluding carboxylic acids is 1. The number of benzene rings is 2. The lowest BCUT2D eigenvalue weighted by atomic mass is 10.1. The molecule has 3 aromatic rings. The van der Waals surface area contributed by atoms with Crippen molar-refractivity contribution in [3.63, 3.8) is 0 Å². The van der Waals surface area contributed by atoms with Crippen LogP contribution in [0.15, 0.2) is 54.6 Å². The summed E-state index contributed by atoms with van der Waals surface area (Å²) in [4.78, 5) is 16.1. The SMILES string of the molecule is NC(=O)c1cc(Nc2ccc(N)cc2)nc2ccccc12. The third-order valence-electron chi connectivity index (χ3n) is 3.16. The summed E-state index contributed by atoms with van der Waals surface area (Å²) in [6, 6.07) is 16.3. The maximum atomic E-state index is 11.6. The van der Waals surface area contributed by atoms with E-state index in [0.29, 0.717) is 22.6 Å². The zero-order chi connectivity index (χ0) is 14.8. The summed E-state index contributed by atoms with van der Waals surface area (Å²) in [7, 11) is 0. The molecule has 0 fully saturated rings. The molecule has 5 heteroatoms. The Morgan fingerprint density at radius 2 is 1.76 bits per heavy atom. The molecule has 0 aliphatic carbocycles. The second-order valence-corrected chi connectivity index (χ2v) is 4.68. The second kappa shape index (κ2) is 5.13. The molecule has 3 rings (SSSR count). The van der Waals surface area contributed by atoms with Crippen molar-refractivity contribution in [2.24, 2.45) is 5.73 Å². The van der Waals surface area contributed by atoms with Gasteiger partial charge in [0.15, 0.2) is 0 Å². The number of nitrogen functional groups attached to an aromatic ring is 1. The average molecular weight is 278 g/mol. The Kier molecular flexibility index (Phi) is 3.16. The van der Waals surface area contributed by atoms with Crippen molar-refractivity contribution in [2.45, 2.75) is 0 Å². The molecule has 0 atom stereocenters. The van der Waals surface area contributed by atoms with Crippen LogP contribution >= 0.6 is 0 Å². The van der Waals surface area contributed by atoms with Crippen LogP contribution in [0.25, 0.3) is 10.9 Å². The minimum atomic E-state index is -0.478. The van der Waals surface area contributed by atoms with Crippen molar-refractivity contribution in [3.8, 4) is 0 Å². The highest BCUT2D eigenvalue weighted by Crippen LogP contribution is 2.23. The quantitative estimate of drug-likeness (QED) is 0.642. The zero-order valence-electron chi connectivity index (χ0n) is 11.2. The first-order valence-electron chi connectivity index (χ1n) is 6.45. The van der Waals surface area contributed by atoms with Crippen LogP contribution < -0.4 is 16.8 Å². The standard InChI is InChI=1S/C16H14N4O/c17-10-5-7-11(8-6-10)19-15-9-13(16(18)21)12-3-1-2-4-14(12)20-15/h1-9H,17H2,(H2,18,21)(H,19,20). The van der Waals surface area contributed by atoms with Crippen LogP contribution in [0.2, 0.25) is 0 Å². The minimum absolute atomic E-state index is 0.443. The van der Waals surface area contributed by atoms with Gasteiger partial charge in [0.2, 0.25) is 5.91 Å². The summed E-state index contributed by atoms with van der Waals surface area (Å²) >= 11 is 0. The number of rotatable bonds is 3. The number of anilines is 3. The molecular formula is C16H14N4O. The fourth-order valence-electron chi connectivity index (χ4n) is 2.16. The molecule has 0 spiro atoms. The van der Waals surface area contributed by atoms with Crippen molar-refractivity contribution < 1.29 is 4.79 Å². The van der Waals surface area contributed by atoms with E-state index in [-0.39, 0.29) is 0 Å². The van der Waals surface area contributed by atoms with Crippen LogP contribution in [0.3, 0.4) is 0 Å². The number of primary amides is 1. The Morgan fingerprint density at radius 3 is 2.48 bits per heavy atom. The molecule has 2 aromatic carbocycles. The Hall–Kier alpha value is -3.08. The van der Waals surface area contributed by atoms with Gasteiger partial charge < -0.3 is 16.8 Å². The van der Waals surface area contributed by atoms with E-state index < -0.39 is 5.91 Å². The molecule has 1 heterocycles. The highest BCUT2D eigenvalue weighted by Gasteiger charge is 2.10. The lowest BCUT2D eigenvalue weighted by Gasteiger charge is -2.09. The Morgan fingerprint density at radius 1 is 1.05 bits per heavy atom. The molecular weight excluding hydrogens is 264 g/mol. The number of nitrogens with zero attached hydrogens (tertiary/aromatic N) is 1. The molecule has 0 saturated heterocycles. The van der Waals surface area contributed by atoms with Gasteiger partial charge in [-0.2, -0.15) is 0 Å². The van der Waals surface area contributed by atoms with E-state index in [1.165, 1.54) is 0 Å². The molecule has 104 valence electrons. The smallest absolute Gasteiger partial charge is 0.249 e. The molecule has 5 nitrogen and oxygen atoms in total. The summed E-state index contributed by atoms with van der Waals surface area (Å²) in [5, 5.41) is 3.89. The molecule has 5 N–H and O–H groups in total. The summed E-state index contributed by atoms with van der Waals surface area (Å²) < 4.78 is 0. The molecule has 0 saturated carbocycles. The molecule has 0 bridgehead atoms. The zero-order valence-corrected chi connectivity index (χ0v) is 11.2. The van der Waals surface area contributed by atoms with Crippen LogP contribution in [0.4, 0.5) is 17.2 Å². The Balaban J connectivity index is 2.06. The first-order chi connectivity index (χ1) is 10.1.